The second kappa shape index (κ2) is 3.80. The topological polar surface area (TPSA) is 68.2 Å². The van der Waals surface area contributed by atoms with Gasteiger partial charge in [0.1, 0.15) is 0 Å². The van der Waals surface area contributed by atoms with Crippen molar-refractivity contribution in [3.63, 3.8) is 0 Å². The van der Waals surface area contributed by atoms with E-state index in [1.54, 1.807) is 0 Å². The molecule has 5 nitrogen and oxygen atoms in total. The Morgan fingerprint density at radius 3 is 2.60 bits per heavy atom. The van der Waals surface area contributed by atoms with Crippen LogP contribution in [-0.2, 0) is 15.1 Å². The highest BCUT2D eigenvalue weighted by Crippen LogP contribution is 1.63. The molecule has 0 atom stereocenters. The molecule has 0 rings (SSSR count). The molecule has 5 heavy (non-hydrogen) atoms. The molecule has 2 N–H and O–H groups in total. The van der Waals surface area contributed by atoms with Gasteiger partial charge in [0.25, 0.3) is 1.43 Å². The Morgan fingerprint density at radius 1 is 1.60 bits per heavy atom. The van der Waals surface area contributed by atoms with Gasteiger partial charge in [0.05, 0.1) is 0 Å². The van der Waals surface area contributed by atoms with Crippen LogP contribution >= 0.6 is 0 Å². The summed E-state index contributed by atoms with van der Waals surface area (Å²) in [6.07, 6.45) is 0. The third-order valence-corrected chi connectivity index (χ3v) is 0.0582. The largest absolute Gasteiger partial charge is 0.258 e. The lowest BCUT2D eigenvalue weighted by Gasteiger charge is -1.79. The Kier molecular flexibility index (Phi) is 2.29. The predicted molar refractivity (Wildman–Crippen MR) is 8.51 cm³/mol. The Labute approximate surface area is 28.5 Å². The van der Waals surface area contributed by atoms with E-state index >= 15 is 0 Å². The SMILES string of the molecule is [2H]OOOOO. The van der Waals surface area contributed by atoms with Crippen molar-refractivity contribution in [2.24, 2.45) is 0 Å². The van der Waals surface area contributed by atoms with Crippen LogP contribution in [0.4, 0.5) is 0 Å². The zero-order valence-corrected chi connectivity index (χ0v) is 2.08. The first-order valence-corrected chi connectivity index (χ1v) is 0.683. The van der Waals surface area contributed by atoms with Crippen LogP contribution in [0.3, 0.4) is 0 Å². The Bertz CT molecular complexity index is 15.9. The summed E-state index contributed by atoms with van der Waals surface area (Å²) in [5.74, 6) is 0. The fraction of sp³-hybridized carbons (Fsp3) is 0. The molecule has 0 amide bonds. The zero-order valence-electron chi connectivity index (χ0n) is 3.08. The van der Waals surface area contributed by atoms with Crippen molar-refractivity contribution in [3.8, 4) is 0 Å². The fourth-order valence-corrected chi connectivity index (χ4v) is 0.0124. The molecule has 0 aliphatic carbocycles. The molecule has 0 saturated carbocycles. The lowest BCUT2D eigenvalue weighted by Crippen LogP contribution is -1.84. The summed E-state index contributed by atoms with van der Waals surface area (Å²) in [6.45, 7) is 0. The minimum atomic E-state index is 2.82. The summed E-state index contributed by atoms with van der Waals surface area (Å²) >= 11 is 0. The maximum absolute atomic E-state index is 7.19. The van der Waals surface area contributed by atoms with Crippen molar-refractivity contribution in [3.05, 3.63) is 0 Å². The molecule has 5 heteroatoms. The lowest BCUT2D eigenvalue weighted by molar-refractivity contribution is -0.695. The minimum absolute atomic E-state index is 2.82. The highest BCUT2D eigenvalue weighted by atomic mass is 17.7. The van der Waals surface area contributed by atoms with Crippen LogP contribution in [0.1, 0.15) is 0 Å². The van der Waals surface area contributed by atoms with Gasteiger partial charge in [0.15, 0.2) is 0 Å². The van der Waals surface area contributed by atoms with Crippen LogP contribution in [0.5, 0.6) is 0 Å². The van der Waals surface area contributed by atoms with E-state index in [1.165, 1.54) is 0 Å². The molecule has 0 aromatic carbocycles. The van der Waals surface area contributed by atoms with Crippen molar-refractivity contribution in [2.45, 2.75) is 0 Å². The lowest BCUT2D eigenvalue weighted by atomic mass is 14.3. The number of hydrogen-bond acceptors (Lipinski definition) is 5. The monoisotopic (exact) mass is 83.0 g/mol. The van der Waals surface area contributed by atoms with Gasteiger partial charge in [-0.25, -0.2) is 10.5 Å². The average Bonchev–Trinajstić information content (AvgIpc) is 1.61. The molecule has 0 heterocycles. The molecule has 0 bridgehead atoms. The summed E-state index contributed by atoms with van der Waals surface area (Å²) in [5, 5.41) is 19.3. The van der Waals surface area contributed by atoms with Gasteiger partial charge in [0, 0.05) is 0 Å². The van der Waals surface area contributed by atoms with Crippen LogP contribution in [0.25, 0.3) is 1.43 Å². The quantitative estimate of drug-likeness (QED) is 0.281. The third kappa shape index (κ3) is 3.80. The van der Waals surface area contributed by atoms with Gasteiger partial charge >= 0.3 is 0 Å². The standard InChI is InChI=1S/H2O5/c1-3-5-4-2/h1-2H/i/hD. The first kappa shape index (κ1) is 3.01. The van der Waals surface area contributed by atoms with Crippen molar-refractivity contribution in [1.29, 1.82) is 1.43 Å². The van der Waals surface area contributed by atoms with Crippen molar-refractivity contribution in [1.82, 2.24) is 0 Å². The highest BCUT2D eigenvalue weighted by Gasteiger charge is 1.68. The van der Waals surface area contributed by atoms with Gasteiger partial charge in [-0.05, 0) is 15.1 Å². The van der Waals surface area contributed by atoms with Crippen LogP contribution in [0, 0.1) is 0 Å². The van der Waals surface area contributed by atoms with Crippen molar-refractivity contribution < 1.29 is 25.6 Å². The van der Waals surface area contributed by atoms with E-state index in [1.807, 2.05) is 0 Å². The first-order valence-electron chi connectivity index (χ1n) is 1.09. The van der Waals surface area contributed by atoms with E-state index < -0.39 is 0 Å². The molecule has 0 aromatic heterocycles. The molecule has 0 saturated heterocycles. The molecule has 0 unspecified atom stereocenters. The van der Waals surface area contributed by atoms with Crippen LogP contribution < -0.4 is 0 Å². The number of rotatable bonds is 3. The van der Waals surface area contributed by atoms with Gasteiger partial charge in [-0.2, -0.15) is 0 Å². The van der Waals surface area contributed by atoms with E-state index in [9.17, 15) is 0 Å². The summed E-state index contributed by atoms with van der Waals surface area (Å²) in [7, 11) is 0. The van der Waals surface area contributed by atoms with Crippen LogP contribution in [0.2, 0.25) is 0 Å². The summed E-state index contributed by atoms with van der Waals surface area (Å²) in [6, 6.07) is 0. The Morgan fingerprint density at radius 2 is 2.40 bits per heavy atom. The molecule has 0 aromatic rings. The smallest absolute Gasteiger partial charge is 0.219 e. The Hall–Kier alpha value is -0.200. The van der Waals surface area contributed by atoms with E-state index in [2.05, 4.69) is 20.4 Å². The highest BCUT2D eigenvalue weighted by molar-refractivity contribution is 2.78. The van der Waals surface area contributed by atoms with Gasteiger partial charge < -0.3 is 0 Å². The van der Waals surface area contributed by atoms with E-state index in [4.69, 9.17) is 6.69 Å². The van der Waals surface area contributed by atoms with Gasteiger partial charge in [-0.3, -0.25) is 0 Å². The molecule has 0 radical (unpaired) electrons. The Balaban J connectivity index is 2.34. The van der Waals surface area contributed by atoms with Gasteiger partial charge in [0.2, 0.25) is 0 Å². The molecular weight excluding hydrogens is 80.0 g/mol. The van der Waals surface area contributed by atoms with E-state index in [0.717, 1.165) is 0 Å². The fourth-order valence-electron chi connectivity index (χ4n) is 0.0124. The molecule has 0 aliphatic rings. The second-order valence-electron chi connectivity index (χ2n) is 0.211. The maximum atomic E-state index is 7.19. The van der Waals surface area contributed by atoms with Crippen LogP contribution in [0.15, 0.2) is 0 Å². The molecule has 32 valence electrons. The van der Waals surface area contributed by atoms with Crippen LogP contribution in [-0.4, -0.2) is 10.5 Å². The van der Waals surface area contributed by atoms with E-state index in [-0.39, 0.29) is 0 Å². The van der Waals surface area contributed by atoms with Gasteiger partial charge in [-0.15, -0.1) is 0 Å². The summed E-state index contributed by atoms with van der Waals surface area (Å²) in [5.41, 5.74) is 0. The number of hydrogen-bond donors (Lipinski definition) is 2. The summed E-state index contributed by atoms with van der Waals surface area (Å²) < 4.78 is 5.67. The summed E-state index contributed by atoms with van der Waals surface area (Å²) in [4.78, 5) is 0. The van der Waals surface area contributed by atoms with Gasteiger partial charge in [-0.1, -0.05) is 0 Å². The molecule has 0 aliphatic heterocycles. The first-order chi connectivity index (χ1) is 2.91. The second-order valence-corrected chi connectivity index (χ2v) is 0.211. The normalized spacial score (nSPS) is 11.0. The maximum Gasteiger partial charge on any atom is 0.258 e. The molecule has 0 fully saturated rings. The predicted octanol–water partition coefficient (Wildman–Crippen LogP) is -0.188. The molecule has 0 spiro atoms. The minimum Gasteiger partial charge on any atom is -0.219 e. The van der Waals surface area contributed by atoms with Crippen molar-refractivity contribution >= 4 is 0 Å². The third-order valence-electron chi connectivity index (χ3n) is 0.0582. The van der Waals surface area contributed by atoms with E-state index in [0.29, 0.717) is 0 Å². The zero-order chi connectivity index (χ0) is 4.83. The van der Waals surface area contributed by atoms with Crippen molar-refractivity contribution in [2.75, 3.05) is 0 Å². The average molecular weight is 83.0 g/mol. The molecular formula is H2O5.